The first kappa shape index (κ1) is 17.7. The van der Waals surface area contributed by atoms with Crippen molar-refractivity contribution in [3.63, 3.8) is 0 Å². The monoisotopic (exact) mass is 325 g/mol. The maximum atomic E-state index is 5.67. The highest BCUT2D eigenvalue weighted by Crippen LogP contribution is 2.12. The molecule has 2 heterocycles. The van der Waals surface area contributed by atoms with Gasteiger partial charge in [-0.2, -0.15) is 4.98 Å². The van der Waals surface area contributed by atoms with Gasteiger partial charge < -0.3 is 24.6 Å². The van der Waals surface area contributed by atoms with Crippen LogP contribution in [0.4, 0.5) is 0 Å². The van der Waals surface area contributed by atoms with Crippen LogP contribution in [0.2, 0.25) is 0 Å². The van der Waals surface area contributed by atoms with Crippen LogP contribution in [0.25, 0.3) is 0 Å². The van der Waals surface area contributed by atoms with Gasteiger partial charge in [0.15, 0.2) is 11.8 Å². The van der Waals surface area contributed by atoms with Gasteiger partial charge in [0.2, 0.25) is 5.89 Å². The summed E-state index contributed by atoms with van der Waals surface area (Å²) in [6, 6.07) is 0. The van der Waals surface area contributed by atoms with E-state index in [1.54, 1.807) is 7.05 Å². The lowest BCUT2D eigenvalue weighted by Gasteiger charge is -2.12. The summed E-state index contributed by atoms with van der Waals surface area (Å²) in [5.41, 5.74) is 0. The maximum Gasteiger partial charge on any atom is 0.228 e. The average molecular weight is 325 g/mol. The molecule has 0 aromatic carbocycles. The van der Waals surface area contributed by atoms with Crippen LogP contribution in [0.15, 0.2) is 9.52 Å². The normalized spacial score (nSPS) is 18.3. The minimum atomic E-state index is 0.575. The fourth-order valence-electron chi connectivity index (χ4n) is 2.30. The molecule has 1 aromatic rings. The molecule has 1 unspecified atom stereocenters. The number of aryl methyl sites for hydroxylation is 1. The van der Waals surface area contributed by atoms with Crippen LogP contribution < -0.4 is 10.6 Å². The van der Waals surface area contributed by atoms with Gasteiger partial charge in [0.1, 0.15) is 0 Å². The number of aliphatic imine (C=N–C) groups is 1. The van der Waals surface area contributed by atoms with Crippen molar-refractivity contribution in [1.82, 2.24) is 20.8 Å². The summed E-state index contributed by atoms with van der Waals surface area (Å²) in [7, 11) is 1.75. The van der Waals surface area contributed by atoms with Crippen molar-refractivity contribution < 1.29 is 14.0 Å². The van der Waals surface area contributed by atoms with Crippen molar-refractivity contribution in [3.05, 3.63) is 11.7 Å². The standard InChI is InChI=1S/C15H27N5O3/c1-12-19-14(23-20-12)4-7-18-15(16-2)17-6-3-8-21-10-13-5-9-22-11-13/h13H,3-11H2,1-2H3,(H2,16,17,18). The fourth-order valence-corrected chi connectivity index (χ4v) is 2.30. The van der Waals surface area contributed by atoms with Gasteiger partial charge in [-0.1, -0.05) is 5.16 Å². The Morgan fingerprint density at radius 2 is 2.26 bits per heavy atom. The number of nitrogens with zero attached hydrogens (tertiary/aromatic N) is 3. The Hall–Kier alpha value is -1.67. The minimum Gasteiger partial charge on any atom is -0.381 e. The Morgan fingerprint density at radius 1 is 1.39 bits per heavy atom. The number of rotatable bonds is 9. The quantitative estimate of drug-likeness (QED) is 0.388. The molecule has 8 nitrogen and oxygen atoms in total. The molecule has 1 fully saturated rings. The molecule has 2 N–H and O–H groups in total. The molecule has 0 aliphatic carbocycles. The molecule has 0 spiro atoms. The van der Waals surface area contributed by atoms with Crippen molar-refractivity contribution in [2.24, 2.45) is 10.9 Å². The first-order chi connectivity index (χ1) is 11.3. The molecular weight excluding hydrogens is 298 g/mol. The zero-order valence-corrected chi connectivity index (χ0v) is 14.0. The van der Waals surface area contributed by atoms with Crippen LogP contribution in [-0.4, -0.2) is 62.7 Å². The highest BCUT2D eigenvalue weighted by molar-refractivity contribution is 5.79. The third kappa shape index (κ3) is 6.96. The SMILES string of the molecule is CN=C(NCCCOCC1CCOC1)NCCc1nc(C)no1. The van der Waals surface area contributed by atoms with Gasteiger partial charge in [0, 0.05) is 45.7 Å². The Labute approximate surface area is 137 Å². The topological polar surface area (TPSA) is 93.8 Å². The van der Waals surface area contributed by atoms with E-state index in [1.807, 2.05) is 6.92 Å². The summed E-state index contributed by atoms with van der Waals surface area (Å²) in [4.78, 5) is 8.33. The van der Waals surface area contributed by atoms with E-state index in [2.05, 4.69) is 25.8 Å². The minimum absolute atomic E-state index is 0.575. The molecule has 1 atom stereocenters. The van der Waals surface area contributed by atoms with Gasteiger partial charge in [0.05, 0.1) is 13.2 Å². The number of ether oxygens (including phenoxy) is 2. The van der Waals surface area contributed by atoms with Gasteiger partial charge in [-0.25, -0.2) is 0 Å². The lowest BCUT2D eigenvalue weighted by molar-refractivity contribution is 0.0888. The second-order valence-corrected chi connectivity index (χ2v) is 5.57. The molecule has 8 heteroatoms. The molecule has 130 valence electrons. The van der Waals surface area contributed by atoms with E-state index in [4.69, 9.17) is 14.0 Å². The predicted octanol–water partition coefficient (Wildman–Crippen LogP) is 0.529. The van der Waals surface area contributed by atoms with E-state index in [1.165, 1.54) is 0 Å². The largest absolute Gasteiger partial charge is 0.381 e. The van der Waals surface area contributed by atoms with E-state index in [0.29, 0.717) is 30.6 Å². The molecule has 1 aliphatic heterocycles. The van der Waals surface area contributed by atoms with Gasteiger partial charge in [0.25, 0.3) is 0 Å². The van der Waals surface area contributed by atoms with Crippen molar-refractivity contribution in [2.45, 2.75) is 26.2 Å². The van der Waals surface area contributed by atoms with Crippen LogP contribution >= 0.6 is 0 Å². The molecule has 1 saturated heterocycles. The van der Waals surface area contributed by atoms with E-state index in [0.717, 1.165) is 51.8 Å². The average Bonchev–Trinajstić information content (AvgIpc) is 3.20. The number of guanidine groups is 1. The third-order valence-electron chi connectivity index (χ3n) is 3.56. The molecule has 23 heavy (non-hydrogen) atoms. The van der Waals surface area contributed by atoms with Crippen molar-refractivity contribution in [2.75, 3.05) is 46.6 Å². The van der Waals surface area contributed by atoms with Crippen molar-refractivity contribution in [3.8, 4) is 0 Å². The smallest absolute Gasteiger partial charge is 0.228 e. The molecule has 0 amide bonds. The van der Waals surface area contributed by atoms with Gasteiger partial charge in [-0.3, -0.25) is 4.99 Å². The first-order valence-corrected chi connectivity index (χ1v) is 8.17. The number of hydrogen-bond donors (Lipinski definition) is 2. The molecule has 0 radical (unpaired) electrons. The van der Waals surface area contributed by atoms with E-state index in [9.17, 15) is 0 Å². The van der Waals surface area contributed by atoms with Gasteiger partial charge >= 0.3 is 0 Å². The van der Waals surface area contributed by atoms with Crippen LogP contribution in [0.5, 0.6) is 0 Å². The highest BCUT2D eigenvalue weighted by atomic mass is 16.5. The van der Waals surface area contributed by atoms with E-state index >= 15 is 0 Å². The molecule has 0 saturated carbocycles. The Bertz CT molecular complexity index is 471. The predicted molar refractivity (Wildman–Crippen MR) is 86.5 cm³/mol. The number of hydrogen-bond acceptors (Lipinski definition) is 6. The highest BCUT2D eigenvalue weighted by Gasteiger charge is 2.15. The summed E-state index contributed by atoms with van der Waals surface area (Å²) in [6.45, 7) is 6.59. The van der Waals surface area contributed by atoms with Crippen LogP contribution in [0.1, 0.15) is 24.6 Å². The lowest BCUT2D eigenvalue weighted by atomic mass is 10.1. The lowest BCUT2D eigenvalue weighted by Crippen LogP contribution is -2.39. The summed E-state index contributed by atoms with van der Waals surface area (Å²) < 4.78 is 16.0. The Kier molecular flexibility index (Phi) is 7.82. The summed E-state index contributed by atoms with van der Waals surface area (Å²) in [6.07, 6.45) is 2.74. The Balaban J connectivity index is 1.47. The summed E-state index contributed by atoms with van der Waals surface area (Å²) in [5.74, 6) is 2.64. The molecular formula is C15H27N5O3. The number of nitrogens with one attached hydrogen (secondary N) is 2. The van der Waals surface area contributed by atoms with Crippen molar-refractivity contribution in [1.29, 1.82) is 0 Å². The van der Waals surface area contributed by atoms with E-state index in [-0.39, 0.29) is 0 Å². The maximum absolute atomic E-state index is 5.67. The summed E-state index contributed by atoms with van der Waals surface area (Å²) in [5, 5.41) is 10.2. The first-order valence-electron chi connectivity index (χ1n) is 8.17. The van der Waals surface area contributed by atoms with Crippen LogP contribution in [0.3, 0.4) is 0 Å². The fraction of sp³-hybridized carbons (Fsp3) is 0.800. The number of aromatic nitrogens is 2. The zero-order valence-electron chi connectivity index (χ0n) is 14.0. The second-order valence-electron chi connectivity index (χ2n) is 5.57. The summed E-state index contributed by atoms with van der Waals surface area (Å²) >= 11 is 0. The van der Waals surface area contributed by atoms with Gasteiger partial charge in [-0.15, -0.1) is 0 Å². The van der Waals surface area contributed by atoms with Crippen LogP contribution in [0, 0.1) is 12.8 Å². The molecule has 0 bridgehead atoms. The molecule has 2 rings (SSSR count). The van der Waals surface area contributed by atoms with E-state index < -0.39 is 0 Å². The van der Waals surface area contributed by atoms with Gasteiger partial charge in [-0.05, 0) is 19.8 Å². The van der Waals surface area contributed by atoms with Crippen LogP contribution in [-0.2, 0) is 15.9 Å². The van der Waals surface area contributed by atoms with Crippen molar-refractivity contribution >= 4 is 5.96 Å². The second kappa shape index (κ2) is 10.2. The zero-order chi connectivity index (χ0) is 16.3. The third-order valence-corrected chi connectivity index (χ3v) is 3.56. The molecule has 1 aliphatic rings. The molecule has 1 aromatic heterocycles. The Morgan fingerprint density at radius 3 is 2.96 bits per heavy atom.